The van der Waals surface area contributed by atoms with Crippen LogP contribution in [0.25, 0.3) is 0 Å². The lowest BCUT2D eigenvalue weighted by Gasteiger charge is -2.27. The zero-order chi connectivity index (χ0) is 10.9. The van der Waals surface area contributed by atoms with Gasteiger partial charge in [0.05, 0.1) is 0 Å². The van der Waals surface area contributed by atoms with Crippen molar-refractivity contribution in [2.75, 3.05) is 32.7 Å². The molecule has 2 nitrogen and oxygen atoms in total. The Labute approximate surface area is 94.0 Å². The Kier molecular flexibility index (Phi) is 6.37. The minimum Gasteiger partial charge on any atom is -0.316 e. The summed E-state index contributed by atoms with van der Waals surface area (Å²) in [6.45, 7) is 13.2. The molecule has 0 aliphatic carbocycles. The molecule has 0 aromatic rings. The molecule has 1 heterocycles. The molecular weight excluding hydrogens is 184 g/mol. The molecular formula is C13H24N2. The lowest BCUT2D eigenvalue weighted by atomic mass is 9.96. The molecule has 0 radical (unpaired) electrons. The topological polar surface area (TPSA) is 15.3 Å². The van der Waals surface area contributed by atoms with Gasteiger partial charge in [0.25, 0.3) is 0 Å². The van der Waals surface area contributed by atoms with Crippen LogP contribution in [0.3, 0.4) is 0 Å². The van der Waals surface area contributed by atoms with Gasteiger partial charge in [-0.15, -0.1) is 13.2 Å². The zero-order valence-corrected chi connectivity index (χ0v) is 9.75. The second kappa shape index (κ2) is 7.66. The molecule has 0 atom stereocenters. The normalized spacial score (nSPS) is 16.3. The third kappa shape index (κ3) is 5.14. The maximum atomic E-state index is 3.78. The molecule has 15 heavy (non-hydrogen) atoms. The number of hydrogen-bond donors (Lipinski definition) is 1. The molecule has 0 saturated carbocycles. The Balaban J connectivity index is 1.98. The van der Waals surface area contributed by atoms with E-state index in [0.717, 1.165) is 19.0 Å². The Morgan fingerprint density at radius 2 is 1.80 bits per heavy atom. The molecule has 0 aromatic heterocycles. The van der Waals surface area contributed by atoms with Gasteiger partial charge < -0.3 is 5.32 Å². The fraction of sp³-hybridized carbons (Fsp3) is 0.692. The van der Waals surface area contributed by atoms with E-state index in [1.807, 2.05) is 12.2 Å². The van der Waals surface area contributed by atoms with Gasteiger partial charge in [-0.1, -0.05) is 18.6 Å². The number of hydrogen-bond acceptors (Lipinski definition) is 2. The summed E-state index contributed by atoms with van der Waals surface area (Å²) >= 11 is 0. The molecule has 1 fully saturated rings. The van der Waals surface area contributed by atoms with Gasteiger partial charge in [-0.25, -0.2) is 0 Å². The predicted molar refractivity (Wildman–Crippen MR) is 67.0 cm³/mol. The average molecular weight is 208 g/mol. The van der Waals surface area contributed by atoms with E-state index in [2.05, 4.69) is 23.4 Å². The third-order valence-corrected chi connectivity index (χ3v) is 2.98. The SMILES string of the molecule is C=CCN(CC=C)CCCCC1CNC1. The maximum absolute atomic E-state index is 3.78. The zero-order valence-electron chi connectivity index (χ0n) is 9.75. The molecule has 0 bridgehead atoms. The van der Waals surface area contributed by atoms with E-state index >= 15 is 0 Å². The highest BCUT2D eigenvalue weighted by molar-refractivity contribution is 4.80. The number of unbranched alkanes of at least 4 members (excludes halogenated alkanes) is 1. The van der Waals surface area contributed by atoms with Crippen LogP contribution in [0.4, 0.5) is 0 Å². The van der Waals surface area contributed by atoms with Crippen molar-refractivity contribution in [3.8, 4) is 0 Å². The molecule has 0 unspecified atom stereocenters. The largest absolute Gasteiger partial charge is 0.316 e. The van der Waals surface area contributed by atoms with Gasteiger partial charge in [-0.05, 0) is 38.4 Å². The highest BCUT2D eigenvalue weighted by Gasteiger charge is 2.15. The van der Waals surface area contributed by atoms with E-state index in [0.29, 0.717) is 0 Å². The summed E-state index contributed by atoms with van der Waals surface area (Å²) in [4.78, 5) is 2.39. The Morgan fingerprint density at radius 1 is 1.13 bits per heavy atom. The second-order valence-electron chi connectivity index (χ2n) is 4.36. The van der Waals surface area contributed by atoms with Crippen LogP contribution in [0.2, 0.25) is 0 Å². The smallest absolute Gasteiger partial charge is 0.0163 e. The highest BCUT2D eigenvalue weighted by Crippen LogP contribution is 2.12. The van der Waals surface area contributed by atoms with Crippen molar-refractivity contribution in [2.45, 2.75) is 19.3 Å². The van der Waals surface area contributed by atoms with E-state index in [-0.39, 0.29) is 0 Å². The van der Waals surface area contributed by atoms with Crippen molar-refractivity contribution >= 4 is 0 Å². The number of rotatable bonds is 9. The summed E-state index contributed by atoms with van der Waals surface area (Å²) < 4.78 is 0. The maximum Gasteiger partial charge on any atom is 0.0163 e. The van der Waals surface area contributed by atoms with Crippen LogP contribution in [-0.4, -0.2) is 37.6 Å². The molecule has 1 rings (SSSR count). The van der Waals surface area contributed by atoms with Gasteiger partial charge in [-0.2, -0.15) is 0 Å². The molecule has 0 amide bonds. The highest BCUT2D eigenvalue weighted by atomic mass is 15.1. The van der Waals surface area contributed by atoms with E-state index in [9.17, 15) is 0 Å². The lowest BCUT2D eigenvalue weighted by molar-refractivity contribution is 0.291. The van der Waals surface area contributed by atoms with E-state index < -0.39 is 0 Å². The van der Waals surface area contributed by atoms with Gasteiger partial charge in [0.2, 0.25) is 0 Å². The van der Waals surface area contributed by atoms with Crippen molar-refractivity contribution < 1.29 is 0 Å². The first-order valence-electron chi connectivity index (χ1n) is 6.01. The van der Waals surface area contributed by atoms with E-state index in [1.165, 1.54) is 38.9 Å². The fourth-order valence-corrected chi connectivity index (χ4v) is 1.94. The quantitative estimate of drug-likeness (QED) is 0.461. The number of nitrogens with zero attached hydrogens (tertiary/aromatic N) is 1. The van der Waals surface area contributed by atoms with Crippen molar-refractivity contribution in [2.24, 2.45) is 5.92 Å². The Bertz CT molecular complexity index is 175. The van der Waals surface area contributed by atoms with Crippen LogP contribution in [0.5, 0.6) is 0 Å². The van der Waals surface area contributed by atoms with E-state index in [1.54, 1.807) is 0 Å². The van der Waals surface area contributed by atoms with Crippen LogP contribution in [0, 0.1) is 5.92 Å². The molecule has 1 aliphatic heterocycles. The fourth-order valence-electron chi connectivity index (χ4n) is 1.94. The Hall–Kier alpha value is -0.600. The summed E-state index contributed by atoms with van der Waals surface area (Å²) in [6, 6.07) is 0. The van der Waals surface area contributed by atoms with Crippen LogP contribution in [-0.2, 0) is 0 Å². The van der Waals surface area contributed by atoms with Crippen molar-refractivity contribution in [1.82, 2.24) is 10.2 Å². The summed E-state index contributed by atoms with van der Waals surface area (Å²) in [5.41, 5.74) is 0. The third-order valence-electron chi connectivity index (χ3n) is 2.98. The molecule has 0 aromatic carbocycles. The van der Waals surface area contributed by atoms with Crippen LogP contribution < -0.4 is 5.32 Å². The first kappa shape index (κ1) is 12.5. The van der Waals surface area contributed by atoms with Gasteiger partial charge in [0, 0.05) is 13.1 Å². The van der Waals surface area contributed by atoms with Gasteiger partial charge in [0.1, 0.15) is 0 Å². The second-order valence-corrected chi connectivity index (χ2v) is 4.36. The van der Waals surface area contributed by atoms with Crippen molar-refractivity contribution in [3.63, 3.8) is 0 Å². The minimum atomic E-state index is 0.956. The van der Waals surface area contributed by atoms with Crippen LogP contribution in [0.1, 0.15) is 19.3 Å². The molecule has 1 saturated heterocycles. The molecule has 0 spiro atoms. The van der Waals surface area contributed by atoms with Crippen LogP contribution >= 0.6 is 0 Å². The molecule has 1 aliphatic rings. The van der Waals surface area contributed by atoms with Gasteiger partial charge in [0.15, 0.2) is 0 Å². The van der Waals surface area contributed by atoms with E-state index in [4.69, 9.17) is 0 Å². The Morgan fingerprint density at radius 3 is 2.27 bits per heavy atom. The molecule has 1 N–H and O–H groups in total. The average Bonchev–Trinajstić information content (AvgIpc) is 2.15. The monoisotopic (exact) mass is 208 g/mol. The standard InChI is InChI=1S/C13H24N2/c1-3-8-15(9-4-2)10-6-5-7-13-11-14-12-13/h3-4,13-14H,1-2,5-12H2. The number of nitrogens with one attached hydrogen (secondary N) is 1. The first-order valence-corrected chi connectivity index (χ1v) is 6.01. The van der Waals surface area contributed by atoms with Crippen molar-refractivity contribution in [3.05, 3.63) is 25.3 Å². The summed E-state index contributed by atoms with van der Waals surface area (Å²) in [6.07, 6.45) is 8.00. The molecule has 86 valence electrons. The summed E-state index contributed by atoms with van der Waals surface area (Å²) in [5.74, 6) is 0.956. The van der Waals surface area contributed by atoms with Crippen LogP contribution in [0.15, 0.2) is 25.3 Å². The summed E-state index contributed by atoms with van der Waals surface area (Å²) in [7, 11) is 0. The first-order chi connectivity index (χ1) is 7.36. The predicted octanol–water partition coefficient (Wildman–Crippen LogP) is 2.05. The lowest BCUT2D eigenvalue weighted by Crippen LogP contribution is -2.41. The van der Waals surface area contributed by atoms with Crippen molar-refractivity contribution in [1.29, 1.82) is 0 Å². The summed E-state index contributed by atoms with van der Waals surface area (Å²) in [5, 5.41) is 3.31. The minimum absolute atomic E-state index is 0.956. The molecule has 2 heteroatoms. The van der Waals surface area contributed by atoms with Gasteiger partial charge in [-0.3, -0.25) is 4.90 Å². The van der Waals surface area contributed by atoms with Gasteiger partial charge >= 0.3 is 0 Å².